The second-order valence-corrected chi connectivity index (χ2v) is 8.20. The lowest BCUT2D eigenvalue weighted by atomic mass is 9.85. The molecule has 0 spiro atoms. The number of amides is 1. The fourth-order valence-electron chi connectivity index (χ4n) is 4.19. The van der Waals surface area contributed by atoms with E-state index in [1.807, 2.05) is 67.6 Å². The molecular weight excluding hydrogens is 458 g/mol. The molecule has 3 heterocycles. The topological polar surface area (TPSA) is 120 Å². The third-order valence-electron chi connectivity index (χ3n) is 6.07. The molecule has 182 valence electrons. The molecule has 2 N–H and O–H groups in total. The summed E-state index contributed by atoms with van der Waals surface area (Å²) in [5.41, 5.74) is 0.808. The van der Waals surface area contributed by atoms with Crippen LogP contribution in [0, 0.1) is 0 Å². The maximum atomic E-state index is 13.1. The average Bonchev–Trinajstić information content (AvgIpc) is 3.52. The Morgan fingerprint density at radius 1 is 1.06 bits per heavy atom. The molecule has 2 aromatic carbocycles. The highest BCUT2D eigenvalue weighted by atomic mass is 16.5. The Balaban J connectivity index is 1.64. The van der Waals surface area contributed by atoms with Crippen LogP contribution < -0.4 is 10.1 Å². The van der Waals surface area contributed by atoms with Crippen LogP contribution in [0.15, 0.2) is 73.1 Å². The van der Waals surface area contributed by atoms with E-state index < -0.39 is 11.5 Å². The molecule has 10 heteroatoms. The van der Waals surface area contributed by atoms with E-state index in [0.717, 1.165) is 0 Å². The van der Waals surface area contributed by atoms with Crippen molar-refractivity contribution in [2.24, 2.45) is 7.05 Å². The molecule has 0 aliphatic rings. The Bertz CT molecular complexity index is 1490. The molecular formula is C26H25N7O3. The highest BCUT2D eigenvalue weighted by molar-refractivity contribution is 6.06. The number of aliphatic hydroxyl groups is 1. The summed E-state index contributed by atoms with van der Waals surface area (Å²) >= 11 is 0. The summed E-state index contributed by atoms with van der Waals surface area (Å²) in [5, 5.41) is 19.1. The summed E-state index contributed by atoms with van der Waals surface area (Å²) in [6.45, 7) is 2.55. The molecule has 0 aliphatic carbocycles. The summed E-state index contributed by atoms with van der Waals surface area (Å²) in [4.78, 5) is 26.4. The van der Waals surface area contributed by atoms with Gasteiger partial charge in [-0.15, -0.1) is 5.10 Å². The van der Waals surface area contributed by atoms with Crippen molar-refractivity contribution >= 4 is 23.0 Å². The van der Waals surface area contributed by atoms with Crippen molar-refractivity contribution in [3.05, 3.63) is 95.6 Å². The summed E-state index contributed by atoms with van der Waals surface area (Å²) in [6, 6.07) is 20.3. The first kappa shape index (κ1) is 23.2. The summed E-state index contributed by atoms with van der Waals surface area (Å²) in [6.07, 6.45) is 1.54. The van der Waals surface area contributed by atoms with Crippen LogP contribution in [0.1, 0.15) is 34.2 Å². The number of pyridine rings is 1. The van der Waals surface area contributed by atoms with Crippen LogP contribution in [0.5, 0.6) is 5.88 Å². The van der Waals surface area contributed by atoms with Crippen LogP contribution in [0.2, 0.25) is 0 Å². The van der Waals surface area contributed by atoms with Gasteiger partial charge in [0.2, 0.25) is 11.8 Å². The molecule has 3 aromatic heterocycles. The highest BCUT2D eigenvalue weighted by Crippen LogP contribution is 2.37. The quantitative estimate of drug-likeness (QED) is 0.365. The first-order chi connectivity index (χ1) is 17.5. The second kappa shape index (κ2) is 9.23. The number of carbonyl (C=O) groups is 1. The molecule has 0 saturated carbocycles. The zero-order valence-corrected chi connectivity index (χ0v) is 20.1. The first-order valence-corrected chi connectivity index (χ1v) is 11.4. The van der Waals surface area contributed by atoms with Gasteiger partial charge in [0.15, 0.2) is 17.1 Å². The number of ether oxygens (including phenoxy) is 1. The number of imidazole rings is 1. The largest absolute Gasteiger partial charge is 0.480 e. The third kappa shape index (κ3) is 3.87. The van der Waals surface area contributed by atoms with Gasteiger partial charge in [0.05, 0.1) is 12.6 Å². The van der Waals surface area contributed by atoms with E-state index in [0.29, 0.717) is 34.7 Å². The van der Waals surface area contributed by atoms with Gasteiger partial charge >= 0.3 is 0 Å². The van der Waals surface area contributed by atoms with Gasteiger partial charge in [0.1, 0.15) is 11.9 Å². The SMILES string of the molecule is CCn1cnc(NC(=O)c2cc3c(nc2OC)nc(C(O)(c2ccccc2)c2ccccc2)n3C)n1. The zero-order valence-electron chi connectivity index (χ0n) is 20.1. The van der Waals surface area contributed by atoms with Gasteiger partial charge in [-0.2, -0.15) is 4.98 Å². The van der Waals surface area contributed by atoms with Gasteiger partial charge in [-0.3, -0.25) is 14.8 Å². The summed E-state index contributed by atoms with van der Waals surface area (Å²) < 4.78 is 8.76. The fraction of sp³-hybridized carbons (Fsp3) is 0.192. The highest BCUT2D eigenvalue weighted by Gasteiger charge is 2.39. The van der Waals surface area contributed by atoms with E-state index in [4.69, 9.17) is 9.72 Å². The number of hydrogen-bond acceptors (Lipinski definition) is 7. The number of rotatable bonds is 7. The Hall–Kier alpha value is -4.57. The van der Waals surface area contributed by atoms with Crippen LogP contribution in [0.25, 0.3) is 11.2 Å². The predicted octanol–water partition coefficient (Wildman–Crippen LogP) is 3.12. The number of hydrogen-bond donors (Lipinski definition) is 2. The Kier molecular flexibility index (Phi) is 5.95. The lowest BCUT2D eigenvalue weighted by molar-refractivity contribution is 0.102. The molecule has 5 rings (SSSR count). The van der Waals surface area contributed by atoms with Gasteiger partial charge in [-0.05, 0) is 24.1 Å². The van der Waals surface area contributed by atoms with Crippen molar-refractivity contribution < 1.29 is 14.6 Å². The minimum atomic E-state index is -1.56. The first-order valence-electron chi connectivity index (χ1n) is 11.4. The van der Waals surface area contributed by atoms with Gasteiger partial charge in [-0.25, -0.2) is 9.97 Å². The van der Waals surface area contributed by atoms with Crippen molar-refractivity contribution in [3.63, 3.8) is 0 Å². The molecule has 36 heavy (non-hydrogen) atoms. The molecule has 0 aliphatic heterocycles. The smallest absolute Gasteiger partial charge is 0.263 e. The number of anilines is 1. The normalized spacial score (nSPS) is 11.6. The maximum Gasteiger partial charge on any atom is 0.263 e. The molecule has 0 saturated heterocycles. The molecule has 1 amide bonds. The van der Waals surface area contributed by atoms with Crippen LogP contribution in [-0.4, -0.2) is 47.4 Å². The number of carbonyl (C=O) groups excluding carboxylic acids is 1. The monoisotopic (exact) mass is 483 g/mol. The summed E-state index contributed by atoms with van der Waals surface area (Å²) in [5.74, 6) is 0.157. The lowest BCUT2D eigenvalue weighted by Gasteiger charge is -2.28. The Labute approximate surface area is 207 Å². The van der Waals surface area contributed by atoms with E-state index in [1.165, 1.54) is 13.4 Å². The molecule has 0 fully saturated rings. The molecule has 0 bridgehead atoms. The molecule has 0 unspecified atom stereocenters. The van der Waals surface area contributed by atoms with Crippen LogP contribution >= 0.6 is 0 Å². The van der Waals surface area contributed by atoms with Crippen LogP contribution in [0.3, 0.4) is 0 Å². The zero-order chi connectivity index (χ0) is 25.3. The van der Waals surface area contributed by atoms with Crippen molar-refractivity contribution in [2.45, 2.75) is 19.1 Å². The van der Waals surface area contributed by atoms with Gasteiger partial charge in [0, 0.05) is 13.6 Å². The number of nitrogens with one attached hydrogen (secondary N) is 1. The minimum Gasteiger partial charge on any atom is -0.480 e. The third-order valence-corrected chi connectivity index (χ3v) is 6.07. The summed E-state index contributed by atoms with van der Waals surface area (Å²) in [7, 11) is 3.21. The number of benzene rings is 2. The van der Waals surface area contributed by atoms with E-state index in [-0.39, 0.29) is 17.4 Å². The number of fused-ring (bicyclic) bond motifs is 1. The number of methoxy groups -OCH3 is 1. The maximum absolute atomic E-state index is 13.1. The molecule has 0 radical (unpaired) electrons. The van der Waals surface area contributed by atoms with Crippen LogP contribution in [-0.2, 0) is 19.2 Å². The lowest BCUT2D eigenvalue weighted by Crippen LogP contribution is -2.32. The van der Waals surface area contributed by atoms with Crippen LogP contribution in [0.4, 0.5) is 5.95 Å². The standard InChI is InChI=1S/C26H25N7O3/c1-4-33-16-27-25(31-33)30-22(34)19-15-20-21(28-23(19)36-3)29-24(32(20)2)26(35,17-11-7-5-8-12-17)18-13-9-6-10-14-18/h5-16,35H,4H2,1-3H3,(H,30,31,34). The molecule has 5 aromatic rings. The number of nitrogens with zero attached hydrogens (tertiary/aromatic N) is 6. The minimum absolute atomic E-state index is 0.0996. The van der Waals surface area contributed by atoms with E-state index >= 15 is 0 Å². The van der Waals surface area contributed by atoms with Gasteiger partial charge in [0.25, 0.3) is 5.91 Å². The fourth-order valence-corrected chi connectivity index (χ4v) is 4.19. The molecule has 0 atom stereocenters. The van der Waals surface area contributed by atoms with E-state index in [2.05, 4.69) is 20.4 Å². The van der Waals surface area contributed by atoms with Crippen molar-refractivity contribution in [3.8, 4) is 5.88 Å². The predicted molar refractivity (Wildman–Crippen MR) is 134 cm³/mol. The Morgan fingerprint density at radius 3 is 2.25 bits per heavy atom. The van der Waals surface area contributed by atoms with Crippen molar-refractivity contribution in [2.75, 3.05) is 12.4 Å². The van der Waals surface area contributed by atoms with Gasteiger partial charge in [-0.1, -0.05) is 60.7 Å². The number of aromatic nitrogens is 6. The van der Waals surface area contributed by atoms with Crippen molar-refractivity contribution in [1.82, 2.24) is 29.3 Å². The second-order valence-electron chi connectivity index (χ2n) is 8.20. The molecule has 10 nitrogen and oxygen atoms in total. The van der Waals surface area contributed by atoms with E-state index in [9.17, 15) is 9.90 Å². The van der Waals surface area contributed by atoms with E-state index in [1.54, 1.807) is 22.4 Å². The average molecular weight is 484 g/mol. The van der Waals surface area contributed by atoms with Crippen molar-refractivity contribution in [1.29, 1.82) is 0 Å². The van der Waals surface area contributed by atoms with Gasteiger partial charge < -0.3 is 14.4 Å². The Morgan fingerprint density at radius 2 is 1.69 bits per heavy atom. The number of aryl methyl sites for hydroxylation is 2.